The third-order valence-electron chi connectivity index (χ3n) is 0.730. The maximum absolute atomic E-state index is 9.43. The van der Waals surface area contributed by atoms with Crippen LogP contribution in [0.4, 0.5) is 0 Å². The molecule has 0 aliphatic heterocycles. The summed E-state index contributed by atoms with van der Waals surface area (Å²) in [5.41, 5.74) is 12.5. The van der Waals surface area contributed by atoms with Crippen LogP contribution in [-0.4, -0.2) is 57.4 Å². The molecule has 19 heavy (non-hydrogen) atoms. The molecule has 0 aromatic heterocycles. The molecule has 0 fully saturated rings. The Morgan fingerprint density at radius 3 is 0.789 bits per heavy atom. The van der Waals surface area contributed by atoms with E-state index in [0.29, 0.717) is 0 Å². The predicted octanol–water partition coefficient (Wildman–Crippen LogP) is 0.180. The molecule has 0 atom stereocenters. The van der Waals surface area contributed by atoms with Crippen molar-refractivity contribution in [2.24, 2.45) is 0 Å². The van der Waals surface area contributed by atoms with Gasteiger partial charge in [0, 0.05) is 0 Å². The summed E-state index contributed by atoms with van der Waals surface area (Å²) in [5.74, 6) is -5.25. The monoisotopic (exact) mass is 325 g/mol. The molecule has 0 spiro atoms. The topological polar surface area (TPSA) is 197 Å². The Bertz CT molecular complexity index is 232. The smallest absolute Gasteiger partial charge is 0.679 e. The fourth-order valence-corrected chi connectivity index (χ4v) is 0.259. The second kappa shape index (κ2) is 18.7. The maximum atomic E-state index is 9.43. The Balaban J connectivity index is -0.0000000900. The van der Waals surface area contributed by atoms with Crippen molar-refractivity contribution in [3.8, 4) is 0 Å². The Kier molecular flexibility index (Phi) is 25.5. The zero-order valence-corrected chi connectivity index (χ0v) is 10.6. The molecule has 1 radical (unpaired) electrons. The van der Waals surface area contributed by atoms with Gasteiger partial charge in [-0.05, 0) is 0 Å². The van der Waals surface area contributed by atoms with Crippen LogP contribution in [0.3, 0.4) is 0 Å². The van der Waals surface area contributed by atoms with E-state index >= 15 is 0 Å². The van der Waals surface area contributed by atoms with Gasteiger partial charge in [-0.25, -0.2) is 0 Å². The first-order chi connectivity index (χ1) is 8.17. The van der Waals surface area contributed by atoms with Gasteiger partial charge in [-0.3, -0.25) is 19.2 Å². The van der Waals surface area contributed by atoms with Crippen LogP contribution in [0, 0.1) is 0 Å². The molecule has 0 rings (SSSR count). The largest absolute Gasteiger partial charge is 2.00 e. The zero-order valence-electron chi connectivity index (χ0n) is 9.58. The third kappa shape index (κ3) is 62.5. The number of carbonyl (C=O) groups is 4. The number of carboxylic acids is 4. The molecule has 0 aliphatic rings. The van der Waals surface area contributed by atoms with Crippen LogP contribution in [0.5, 0.6) is 0 Å². The molecule has 0 unspecified atom stereocenters. The van der Waals surface area contributed by atoms with Crippen LogP contribution >= 0.6 is 0 Å². The van der Waals surface area contributed by atoms with Crippen LogP contribution in [-0.2, 0) is 36.0 Å². The molecule has 0 aliphatic carbocycles. The summed E-state index contributed by atoms with van der Waals surface area (Å²) >= 11 is 0. The van der Waals surface area contributed by atoms with E-state index in [0.717, 1.165) is 0 Å². The van der Waals surface area contributed by atoms with Crippen molar-refractivity contribution >= 4 is 23.9 Å². The van der Waals surface area contributed by atoms with E-state index in [1.54, 1.807) is 0 Å². The summed E-state index contributed by atoms with van der Waals surface area (Å²) in [4.78, 5) is 37.7. The average molecular weight is 325 g/mol. The summed E-state index contributed by atoms with van der Waals surface area (Å²) in [6, 6.07) is 0. The number of nitrogens with one attached hydrogen (secondary N) is 2. The van der Waals surface area contributed by atoms with Gasteiger partial charge >= 0.3 is 40.7 Å². The molecule has 0 amide bonds. The first-order valence-electron chi connectivity index (χ1n) is 4.33. The van der Waals surface area contributed by atoms with Crippen molar-refractivity contribution in [3.63, 3.8) is 0 Å². The van der Waals surface area contributed by atoms with E-state index in [9.17, 15) is 19.2 Å². The second-order valence-corrected chi connectivity index (χ2v) is 2.43. The molecule has 0 aromatic carbocycles. The van der Waals surface area contributed by atoms with Gasteiger partial charge in [0.25, 0.3) is 0 Å². The fraction of sp³-hybridized carbons (Fsp3) is 0.500. The van der Waals surface area contributed by atoms with Gasteiger partial charge in [0.1, 0.15) is 12.8 Å². The number of hydrogen-bond acceptors (Lipinski definition) is 4. The van der Waals surface area contributed by atoms with Gasteiger partial charge in [0.2, 0.25) is 0 Å². The van der Waals surface area contributed by atoms with Crippen molar-refractivity contribution in [2.75, 3.05) is 13.1 Å². The van der Waals surface area contributed by atoms with E-state index in [-0.39, 0.29) is 29.9 Å². The van der Waals surface area contributed by atoms with E-state index in [1.165, 1.54) is 0 Å². The molecule has 11 heteroatoms. The van der Waals surface area contributed by atoms with Crippen molar-refractivity contribution in [1.29, 1.82) is 0 Å². The molecule has 0 bridgehead atoms. The summed E-state index contributed by atoms with van der Waals surface area (Å²) in [6.07, 6.45) is -1.61. The van der Waals surface area contributed by atoms with Crippen LogP contribution < -0.4 is 0 Å². The second-order valence-electron chi connectivity index (χ2n) is 2.43. The standard InChI is InChI=1S/2C3H4O4.C2H6N2.Co/c2*4-2(5)1-3(6)7;3-1-2-4;/h2*1H2,(H,4,5)(H,6,7);3-4H,1-2H2;/q;;-2;+2. The minimum atomic E-state index is -1.31. The molecule has 0 saturated carbocycles. The van der Waals surface area contributed by atoms with Crippen LogP contribution in [0.2, 0.25) is 0 Å². The van der Waals surface area contributed by atoms with Crippen LogP contribution in [0.15, 0.2) is 0 Å². The van der Waals surface area contributed by atoms with Gasteiger partial charge < -0.3 is 31.9 Å². The summed E-state index contributed by atoms with van der Waals surface area (Å²) in [5, 5.41) is 30.8. The van der Waals surface area contributed by atoms with Crippen molar-refractivity contribution in [3.05, 3.63) is 11.5 Å². The predicted molar refractivity (Wildman–Crippen MR) is 58.2 cm³/mol. The Morgan fingerprint density at radius 1 is 0.632 bits per heavy atom. The van der Waals surface area contributed by atoms with Gasteiger partial charge in [-0.2, -0.15) is 13.1 Å². The zero-order chi connectivity index (χ0) is 15.1. The molecule has 10 nitrogen and oxygen atoms in total. The average Bonchev–Trinajstić information content (AvgIpc) is 2.14. The van der Waals surface area contributed by atoms with E-state index in [4.69, 9.17) is 31.9 Å². The number of aliphatic carboxylic acids is 4. The Morgan fingerprint density at radius 2 is 0.789 bits per heavy atom. The normalized spacial score (nSPS) is 7.47. The first-order valence-corrected chi connectivity index (χ1v) is 4.33. The van der Waals surface area contributed by atoms with E-state index in [2.05, 4.69) is 0 Å². The number of hydrogen-bond donors (Lipinski definition) is 4. The molecular formula is C8H14CoN2O8. The Hall–Kier alpha value is -1.69. The quantitative estimate of drug-likeness (QED) is 0.513. The Labute approximate surface area is 118 Å². The summed E-state index contributed by atoms with van der Waals surface area (Å²) < 4.78 is 0. The fourth-order valence-electron chi connectivity index (χ4n) is 0.259. The molecule has 0 heterocycles. The van der Waals surface area contributed by atoms with E-state index < -0.39 is 36.7 Å². The third-order valence-corrected chi connectivity index (χ3v) is 0.730. The minimum Gasteiger partial charge on any atom is -0.679 e. The SMILES string of the molecule is O=C(O)CC(=O)O.O=C(O)CC(=O)O.[Co+2].[NH-]CC[NH-]. The summed E-state index contributed by atoms with van der Waals surface area (Å²) in [7, 11) is 0. The molecule has 113 valence electrons. The van der Waals surface area contributed by atoms with E-state index in [1.807, 2.05) is 0 Å². The van der Waals surface area contributed by atoms with Gasteiger partial charge in [-0.1, -0.05) is 0 Å². The number of rotatable bonds is 5. The van der Waals surface area contributed by atoms with Crippen molar-refractivity contribution < 1.29 is 56.4 Å². The van der Waals surface area contributed by atoms with Gasteiger partial charge in [0.05, 0.1) is 0 Å². The van der Waals surface area contributed by atoms with Crippen LogP contribution in [0.1, 0.15) is 12.8 Å². The van der Waals surface area contributed by atoms with Gasteiger partial charge in [0.15, 0.2) is 0 Å². The molecular weight excluding hydrogens is 311 g/mol. The van der Waals surface area contributed by atoms with Crippen LogP contribution in [0.25, 0.3) is 11.5 Å². The molecule has 0 saturated heterocycles. The van der Waals surface area contributed by atoms with Crippen molar-refractivity contribution in [2.45, 2.75) is 12.8 Å². The van der Waals surface area contributed by atoms with Gasteiger partial charge in [-0.15, -0.1) is 0 Å². The number of carboxylic acid groups (broad SMARTS) is 4. The maximum Gasteiger partial charge on any atom is 2.00 e. The van der Waals surface area contributed by atoms with Crippen molar-refractivity contribution in [1.82, 2.24) is 0 Å². The first kappa shape index (κ1) is 26.0. The molecule has 0 aromatic rings. The summed E-state index contributed by atoms with van der Waals surface area (Å²) in [6.45, 7) is 0.472. The minimum absolute atomic E-state index is 0. The molecule has 6 N–H and O–H groups in total.